The fourth-order valence-electron chi connectivity index (χ4n) is 1.73. The molecule has 1 aromatic carbocycles. The molecule has 1 rings (SSSR count). The number of carbonyl (C=O) groups is 2. The molecule has 21 heavy (non-hydrogen) atoms. The molecule has 116 valence electrons. The minimum atomic E-state index is -1.32. The fraction of sp³-hybridized carbons (Fsp3) is 0.429. The largest absolute Gasteiger partial charge is 0.478 e. The standard InChI is InChI=1S/C14H19FN2O4/c1-8(2)11(7-21-3)16-14(20)17-12-9(13(18)19)5-4-6-10(12)15/h4-6,8,11H,7H2,1-3H3,(H,18,19)(H2,16,17,20). The Balaban J connectivity index is 2.86. The minimum absolute atomic E-state index is 0.107. The highest BCUT2D eigenvalue weighted by Crippen LogP contribution is 2.19. The number of ether oxygens (including phenoxy) is 1. The van der Waals surface area contributed by atoms with Crippen LogP contribution in [0, 0.1) is 11.7 Å². The molecule has 6 nitrogen and oxygen atoms in total. The molecule has 0 radical (unpaired) electrons. The summed E-state index contributed by atoms with van der Waals surface area (Å²) in [4.78, 5) is 22.9. The van der Waals surface area contributed by atoms with Crippen molar-refractivity contribution >= 4 is 17.7 Å². The van der Waals surface area contributed by atoms with E-state index in [0.717, 1.165) is 6.07 Å². The maximum absolute atomic E-state index is 13.7. The first kappa shape index (κ1) is 16.9. The van der Waals surface area contributed by atoms with Crippen LogP contribution in [0.4, 0.5) is 14.9 Å². The summed E-state index contributed by atoms with van der Waals surface area (Å²) in [5, 5.41) is 13.9. The molecule has 3 N–H and O–H groups in total. The van der Waals surface area contributed by atoms with Gasteiger partial charge in [-0.3, -0.25) is 0 Å². The van der Waals surface area contributed by atoms with Crippen LogP contribution in [-0.4, -0.2) is 36.9 Å². The van der Waals surface area contributed by atoms with Crippen molar-refractivity contribution in [1.29, 1.82) is 0 Å². The summed E-state index contributed by atoms with van der Waals surface area (Å²) in [6.45, 7) is 4.10. The lowest BCUT2D eigenvalue weighted by Gasteiger charge is -2.22. The highest BCUT2D eigenvalue weighted by Gasteiger charge is 2.20. The van der Waals surface area contributed by atoms with Gasteiger partial charge in [0.15, 0.2) is 0 Å². The number of methoxy groups -OCH3 is 1. The summed E-state index contributed by atoms with van der Waals surface area (Å²) in [5.41, 5.74) is -0.666. The van der Waals surface area contributed by atoms with Crippen molar-refractivity contribution in [2.45, 2.75) is 19.9 Å². The average molecular weight is 298 g/mol. The van der Waals surface area contributed by atoms with Crippen LogP contribution in [0.1, 0.15) is 24.2 Å². The third kappa shape index (κ3) is 4.71. The number of urea groups is 1. The Labute approximate surface area is 122 Å². The van der Waals surface area contributed by atoms with Gasteiger partial charge in [-0.2, -0.15) is 0 Å². The Morgan fingerprint density at radius 1 is 1.38 bits per heavy atom. The Bertz CT molecular complexity index is 520. The molecule has 1 atom stereocenters. The number of nitrogens with one attached hydrogen (secondary N) is 2. The van der Waals surface area contributed by atoms with Gasteiger partial charge in [0.05, 0.1) is 23.9 Å². The molecule has 0 heterocycles. The monoisotopic (exact) mass is 298 g/mol. The number of carboxylic acid groups (broad SMARTS) is 1. The van der Waals surface area contributed by atoms with Gasteiger partial charge in [-0.1, -0.05) is 19.9 Å². The highest BCUT2D eigenvalue weighted by molar-refractivity contribution is 6.00. The molecule has 0 bridgehead atoms. The lowest BCUT2D eigenvalue weighted by Crippen LogP contribution is -2.44. The van der Waals surface area contributed by atoms with E-state index in [1.54, 1.807) is 0 Å². The molecular weight excluding hydrogens is 279 g/mol. The van der Waals surface area contributed by atoms with Crippen LogP contribution in [0.2, 0.25) is 0 Å². The van der Waals surface area contributed by atoms with Gasteiger partial charge in [0.25, 0.3) is 0 Å². The number of rotatable bonds is 6. The normalized spacial score (nSPS) is 12.0. The second kappa shape index (κ2) is 7.58. The van der Waals surface area contributed by atoms with Crippen LogP contribution in [-0.2, 0) is 4.74 Å². The molecule has 7 heteroatoms. The maximum Gasteiger partial charge on any atom is 0.337 e. The summed E-state index contributed by atoms with van der Waals surface area (Å²) < 4.78 is 18.7. The van der Waals surface area contributed by atoms with Crippen LogP contribution in [0.25, 0.3) is 0 Å². The average Bonchev–Trinajstić information content (AvgIpc) is 2.40. The molecule has 0 aliphatic rings. The number of benzene rings is 1. The predicted molar refractivity (Wildman–Crippen MR) is 76.0 cm³/mol. The first-order chi connectivity index (χ1) is 9.86. The Kier molecular flexibility index (Phi) is 6.10. The van der Waals surface area contributed by atoms with Crippen molar-refractivity contribution in [2.75, 3.05) is 19.0 Å². The van der Waals surface area contributed by atoms with Gasteiger partial charge in [-0.15, -0.1) is 0 Å². The van der Waals surface area contributed by atoms with Crippen molar-refractivity contribution in [1.82, 2.24) is 5.32 Å². The first-order valence-corrected chi connectivity index (χ1v) is 6.45. The first-order valence-electron chi connectivity index (χ1n) is 6.45. The fourth-order valence-corrected chi connectivity index (χ4v) is 1.73. The Hall–Kier alpha value is -2.15. The summed E-state index contributed by atoms with van der Waals surface area (Å²) >= 11 is 0. The SMILES string of the molecule is COCC(NC(=O)Nc1c(F)cccc1C(=O)O)C(C)C. The van der Waals surface area contributed by atoms with E-state index in [9.17, 15) is 14.0 Å². The zero-order chi connectivity index (χ0) is 16.0. The smallest absolute Gasteiger partial charge is 0.337 e. The van der Waals surface area contributed by atoms with E-state index in [2.05, 4.69) is 10.6 Å². The molecule has 0 aliphatic carbocycles. The summed E-state index contributed by atoms with van der Waals surface area (Å²) in [7, 11) is 1.51. The number of hydrogen-bond donors (Lipinski definition) is 3. The Morgan fingerprint density at radius 2 is 2.05 bits per heavy atom. The van der Waals surface area contributed by atoms with E-state index in [0.29, 0.717) is 6.61 Å². The number of aromatic carboxylic acids is 1. The molecule has 0 aliphatic heterocycles. The third-order valence-electron chi connectivity index (χ3n) is 2.95. The number of amides is 2. The minimum Gasteiger partial charge on any atom is -0.478 e. The van der Waals surface area contributed by atoms with Crippen LogP contribution in [0.3, 0.4) is 0 Å². The lowest BCUT2D eigenvalue weighted by atomic mass is 10.1. The summed E-state index contributed by atoms with van der Waals surface area (Å²) in [6, 6.07) is 2.62. The van der Waals surface area contributed by atoms with Crippen molar-refractivity contribution in [3.05, 3.63) is 29.6 Å². The molecule has 0 saturated carbocycles. The van der Waals surface area contributed by atoms with Gasteiger partial charge in [0, 0.05) is 7.11 Å². The zero-order valence-electron chi connectivity index (χ0n) is 12.1. The molecule has 2 amide bonds. The van der Waals surface area contributed by atoms with E-state index in [-0.39, 0.29) is 23.2 Å². The topological polar surface area (TPSA) is 87.7 Å². The third-order valence-corrected chi connectivity index (χ3v) is 2.95. The van der Waals surface area contributed by atoms with Crippen LogP contribution in [0.5, 0.6) is 0 Å². The highest BCUT2D eigenvalue weighted by atomic mass is 19.1. The predicted octanol–water partition coefficient (Wildman–Crippen LogP) is 2.32. The number of halogens is 1. The van der Waals surface area contributed by atoms with Crippen molar-refractivity contribution in [3.8, 4) is 0 Å². The van der Waals surface area contributed by atoms with Crippen LogP contribution >= 0.6 is 0 Å². The molecule has 1 aromatic rings. The molecule has 0 fully saturated rings. The molecule has 0 saturated heterocycles. The van der Waals surface area contributed by atoms with Crippen molar-refractivity contribution < 1.29 is 23.8 Å². The van der Waals surface area contributed by atoms with Crippen LogP contribution in [0.15, 0.2) is 18.2 Å². The zero-order valence-corrected chi connectivity index (χ0v) is 12.1. The van der Waals surface area contributed by atoms with Crippen molar-refractivity contribution in [2.24, 2.45) is 5.92 Å². The van der Waals surface area contributed by atoms with Crippen LogP contribution < -0.4 is 10.6 Å². The van der Waals surface area contributed by atoms with Crippen molar-refractivity contribution in [3.63, 3.8) is 0 Å². The molecule has 1 unspecified atom stereocenters. The number of para-hydroxylation sites is 1. The molecular formula is C14H19FN2O4. The van der Waals surface area contributed by atoms with E-state index >= 15 is 0 Å². The van der Waals surface area contributed by atoms with E-state index in [1.165, 1.54) is 19.2 Å². The number of carbonyl (C=O) groups excluding carboxylic acids is 1. The van der Waals surface area contributed by atoms with E-state index < -0.39 is 17.8 Å². The van der Waals surface area contributed by atoms with Gasteiger partial charge in [-0.25, -0.2) is 14.0 Å². The maximum atomic E-state index is 13.7. The number of anilines is 1. The van der Waals surface area contributed by atoms with Gasteiger partial charge in [0.2, 0.25) is 0 Å². The Morgan fingerprint density at radius 3 is 2.57 bits per heavy atom. The lowest BCUT2D eigenvalue weighted by molar-refractivity contribution is 0.0697. The second-order valence-electron chi connectivity index (χ2n) is 4.87. The van der Waals surface area contributed by atoms with Gasteiger partial charge in [-0.05, 0) is 18.1 Å². The number of carboxylic acids is 1. The van der Waals surface area contributed by atoms with Gasteiger partial charge >= 0.3 is 12.0 Å². The van der Waals surface area contributed by atoms with Gasteiger partial charge in [0.1, 0.15) is 5.82 Å². The summed E-state index contributed by atoms with van der Waals surface area (Å²) in [5.74, 6) is -2.02. The van der Waals surface area contributed by atoms with Gasteiger partial charge < -0.3 is 20.5 Å². The molecule has 0 aromatic heterocycles. The quantitative estimate of drug-likeness (QED) is 0.752. The summed E-state index contributed by atoms with van der Waals surface area (Å²) in [6.07, 6.45) is 0. The van der Waals surface area contributed by atoms with E-state index in [1.807, 2.05) is 13.8 Å². The number of hydrogen-bond acceptors (Lipinski definition) is 3. The second-order valence-corrected chi connectivity index (χ2v) is 4.87. The molecule has 0 spiro atoms. The van der Waals surface area contributed by atoms with E-state index in [4.69, 9.17) is 9.84 Å².